The number of anilines is 1. The number of aromatic nitrogens is 2. The van der Waals surface area contributed by atoms with E-state index < -0.39 is 7.12 Å². The molecule has 0 radical (unpaired) electrons. The molecule has 0 spiro atoms. The Morgan fingerprint density at radius 3 is 3.04 bits per heavy atom. The number of rotatable bonds is 6. The number of hydrogen-bond acceptors (Lipinski definition) is 9. The topological polar surface area (TPSA) is 168 Å². The summed E-state index contributed by atoms with van der Waals surface area (Å²) < 4.78 is 9.74. The number of benzene rings is 1. The number of nitrogens with two attached hydrogens (primary N) is 1. The molecule has 0 fully saturated rings. The van der Waals surface area contributed by atoms with E-state index in [2.05, 4.69) is 30.7 Å². The van der Waals surface area contributed by atoms with Gasteiger partial charge in [-0.15, -0.1) is 0 Å². The standard InChI is InChI=1S/C14H17BN6O5/c16-12(19-24)11-13(21-26-20-11)17-5-6-18-14(22)9-3-1-2-8-4-7-25-15(23)10(8)9/h1-3,23-24H,4-7H2,(H2,16,19)(H,17,21)(H,18,22). The van der Waals surface area contributed by atoms with Crippen LogP contribution in [0.25, 0.3) is 0 Å². The Labute approximate surface area is 148 Å². The van der Waals surface area contributed by atoms with Crippen molar-refractivity contribution in [1.29, 1.82) is 0 Å². The van der Waals surface area contributed by atoms with Crippen molar-refractivity contribution >= 4 is 30.1 Å². The van der Waals surface area contributed by atoms with Gasteiger partial charge < -0.3 is 31.3 Å². The van der Waals surface area contributed by atoms with E-state index in [1.54, 1.807) is 12.1 Å². The van der Waals surface area contributed by atoms with Crippen LogP contribution in [0.2, 0.25) is 0 Å². The number of fused-ring (bicyclic) bond motifs is 1. The minimum Gasteiger partial charge on any atom is -0.423 e. The molecule has 0 unspecified atom stereocenters. The highest BCUT2D eigenvalue weighted by Gasteiger charge is 2.29. The van der Waals surface area contributed by atoms with Gasteiger partial charge in [-0.05, 0) is 33.8 Å². The van der Waals surface area contributed by atoms with Gasteiger partial charge >= 0.3 is 7.12 Å². The molecule has 26 heavy (non-hydrogen) atoms. The average Bonchev–Trinajstić information content (AvgIpc) is 3.12. The molecule has 0 saturated carbocycles. The summed E-state index contributed by atoms with van der Waals surface area (Å²) in [5.74, 6) is -0.388. The number of carbonyl (C=O) groups excluding carboxylic acids is 1. The Balaban J connectivity index is 1.58. The van der Waals surface area contributed by atoms with Crippen LogP contribution in [0.15, 0.2) is 28.0 Å². The van der Waals surface area contributed by atoms with Crippen LogP contribution < -0.4 is 21.8 Å². The molecule has 1 amide bonds. The fourth-order valence-electron chi connectivity index (χ4n) is 2.66. The molecule has 0 saturated heterocycles. The quantitative estimate of drug-likeness (QED) is 0.100. The van der Waals surface area contributed by atoms with E-state index in [0.29, 0.717) is 30.6 Å². The molecule has 2 heterocycles. The summed E-state index contributed by atoms with van der Waals surface area (Å²) in [4.78, 5) is 12.4. The average molecular weight is 360 g/mol. The van der Waals surface area contributed by atoms with Gasteiger partial charge in [0, 0.05) is 25.3 Å². The van der Waals surface area contributed by atoms with Crippen molar-refractivity contribution < 1.29 is 24.3 Å². The van der Waals surface area contributed by atoms with E-state index in [1.807, 2.05) is 6.07 Å². The highest BCUT2D eigenvalue weighted by Crippen LogP contribution is 2.11. The van der Waals surface area contributed by atoms with Crippen molar-refractivity contribution in [3.05, 3.63) is 35.0 Å². The van der Waals surface area contributed by atoms with E-state index in [-0.39, 0.29) is 29.8 Å². The third-order valence-corrected chi connectivity index (χ3v) is 3.88. The van der Waals surface area contributed by atoms with Crippen molar-refractivity contribution in [1.82, 2.24) is 15.6 Å². The summed E-state index contributed by atoms with van der Waals surface area (Å²) in [5, 5.41) is 34.2. The van der Waals surface area contributed by atoms with Crippen LogP contribution >= 0.6 is 0 Å². The van der Waals surface area contributed by atoms with Gasteiger partial charge in [0.25, 0.3) is 5.91 Å². The molecule has 12 heteroatoms. The highest BCUT2D eigenvalue weighted by atomic mass is 16.6. The maximum Gasteiger partial charge on any atom is 0.492 e. The van der Waals surface area contributed by atoms with Gasteiger partial charge in [0.05, 0.1) is 0 Å². The van der Waals surface area contributed by atoms with Crippen molar-refractivity contribution in [2.24, 2.45) is 10.9 Å². The zero-order chi connectivity index (χ0) is 18.5. The molecule has 0 bridgehead atoms. The molecule has 1 aliphatic rings. The van der Waals surface area contributed by atoms with Crippen molar-refractivity contribution in [2.75, 3.05) is 25.0 Å². The molecule has 0 atom stereocenters. The minimum atomic E-state index is -1.11. The first-order chi connectivity index (χ1) is 12.6. The molecule has 136 valence electrons. The van der Waals surface area contributed by atoms with Crippen LogP contribution in [-0.4, -0.2) is 59.1 Å². The lowest BCUT2D eigenvalue weighted by Crippen LogP contribution is -2.46. The zero-order valence-electron chi connectivity index (χ0n) is 13.7. The minimum absolute atomic E-state index is 0.0660. The second-order valence-electron chi connectivity index (χ2n) is 5.48. The lowest BCUT2D eigenvalue weighted by atomic mass is 9.70. The first-order valence-electron chi connectivity index (χ1n) is 7.85. The molecule has 0 aliphatic carbocycles. The molecule has 1 aromatic carbocycles. The Kier molecular flexibility index (Phi) is 5.34. The van der Waals surface area contributed by atoms with Crippen LogP contribution in [-0.2, 0) is 11.1 Å². The van der Waals surface area contributed by atoms with E-state index in [9.17, 15) is 9.82 Å². The fourth-order valence-corrected chi connectivity index (χ4v) is 2.66. The maximum atomic E-state index is 12.4. The molecule has 1 aromatic heterocycles. The summed E-state index contributed by atoms with van der Waals surface area (Å²) >= 11 is 0. The molecular weight excluding hydrogens is 343 g/mol. The van der Waals surface area contributed by atoms with Gasteiger partial charge in [-0.2, -0.15) is 0 Å². The monoisotopic (exact) mass is 360 g/mol. The van der Waals surface area contributed by atoms with Gasteiger partial charge in [0.15, 0.2) is 11.5 Å². The number of nitrogens with zero attached hydrogens (tertiary/aromatic N) is 3. The number of oxime groups is 1. The van der Waals surface area contributed by atoms with Gasteiger partial charge in [0.1, 0.15) is 0 Å². The number of hydrogen-bond donors (Lipinski definition) is 5. The Morgan fingerprint density at radius 2 is 2.23 bits per heavy atom. The molecule has 6 N–H and O–H groups in total. The number of amides is 1. The molecular formula is C14H17BN6O5. The SMILES string of the molecule is N/C(=N\O)c1nonc1NCCNC(=O)c1cccc2c1B(O)OCC2. The molecule has 2 aromatic rings. The van der Waals surface area contributed by atoms with Crippen LogP contribution in [0.3, 0.4) is 0 Å². The molecule has 11 nitrogen and oxygen atoms in total. The lowest BCUT2D eigenvalue weighted by Gasteiger charge is -2.21. The smallest absolute Gasteiger partial charge is 0.423 e. The number of amidine groups is 1. The lowest BCUT2D eigenvalue weighted by molar-refractivity contribution is 0.0955. The van der Waals surface area contributed by atoms with Crippen LogP contribution in [0, 0.1) is 0 Å². The highest BCUT2D eigenvalue weighted by molar-refractivity contribution is 6.62. The van der Waals surface area contributed by atoms with Gasteiger partial charge in [-0.25, -0.2) is 4.63 Å². The third-order valence-electron chi connectivity index (χ3n) is 3.88. The third kappa shape index (κ3) is 3.60. The van der Waals surface area contributed by atoms with Crippen LogP contribution in [0.5, 0.6) is 0 Å². The zero-order valence-corrected chi connectivity index (χ0v) is 13.7. The summed E-state index contributed by atoms with van der Waals surface area (Å²) in [7, 11) is -1.11. The first-order valence-corrected chi connectivity index (χ1v) is 7.85. The Hall–Kier alpha value is -3.12. The van der Waals surface area contributed by atoms with E-state index in [4.69, 9.17) is 15.6 Å². The summed E-state index contributed by atoms with van der Waals surface area (Å²) in [6.45, 7) is 0.958. The second kappa shape index (κ2) is 7.84. The summed E-state index contributed by atoms with van der Waals surface area (Å²) in [5.41, 5.74) is 7.27. The van der Waals surface area contributed by atoms with E-state index in [0.717, 1.165) is 5.56 Å². The Morgan fingerprint density at radius 1 is 1.38 bits per heavy atom. The fraction of sp³-hybridized carbons (Fsp3) is 0.286. The van der Waals surface area contributed by atoms with Crippen molar-refractivity contribution in [3.8, 4) is 0 Å². The van der Waals surface area contributed by atoms with Gasteiger partial charge in [-0.3, -0.25) is 4.79 Å². The van der Waals surface area contributed by atoms with Crippen molar-refractivity contribution in [3.63, 3.8) is 0 Å². The normalized spacial score (nSPS) is 14.0. The summed E-state index contributed by atoms with van der Waals surface area (Å²) in [6, 6.07) is 5.28. The van der Waals surface area contributed by atoms with E-state index in [1.165, 1.54) is 0 Å². The molecule has 3 rings (SSSR count). The van der Waals surface area contributed by atoms with Crippen LogP contribution in [0.1, 0.15) is 21.6 Å². The number of nitrogens with one attached hydrogen (secondary N) is 2. The second-order valence-corrected chi connectivity index (χ2v) is 5.48. The maximum absolute atomic E-state index is 12.4. The van der Waals surface area contributed by atoms with E-state index >= 15 is 0 Å². The summed E-state index contributed by atoms with van der Waals surface area (Å²) in [6.07, 6.45) is 0.644. The largest absolute Gasteiger partial charge is 0.492 e. The Bertz CT molecular complexity index is 826. The van der Waals surface area contributed by atoms with Crippen molar-refractivity contribution in [2.45, 2.75) is 6.42 Å². The predicted molar refractivity (Wildman–Crippen MR) is 91.3 cm³/mol. The van der Waals surface area contributed by atoms with Gasteiger partial charge in [0.2, 0.25) is 5.82 Å². The predicted octanol–water partition coefficient (Wildman–Crippen LogP) is -1.73. The van der Waals surface area contributed by atoms with Crippen LogP contribution in [0.4, 0.5) is 5.82 Å². The first kappa shape index (κ1) is 17.7. The number of carbonyl (C=O) groups is 1. The van der Waals surface area contributed by atoms with Gasteiger partial charge in [-0.1, -0.05) is 17.3 Å². The molecule has 1 aliphatic heterocycles.